The molecule has 1 N–H and O–H groups in total. The molecule has 0 aliphatic carbocycles. The largest absolute Gasteiger partial charge is 0.468 e. The van der Waals surface area contributed by atoms with Gasteiger partial charge in [-0.3, -0.25) is 5.32 Å². The van der Waals surface area contributed by atoms with E-state index in [1.165, 1.54) is 6.07 Å². The maximum absolute atomic E-state index is 13.2. The van der Waals surface area contributed by atoms with Gasteiger partial charge in [0.2, 0.25) is 0 Å². The predicted octanol–water partition coefficient (Wildman–Crippen LogP) is 2.85. The zero-order valence-electron chi connectivity index (χ0n) is 9.72. The van der Waals surface area contributed by atoms with Crippen LogP contribution in [0.4, 0.5) is 17.6 Å². The first-order valence-electron chi connectivity index (χ1n) is 5.07. The molecule has 0 aromatic heterocycles. The van der Waals surface area contributed by atoms with Crippen LogP contribution in [0.3, 0.4) is 0 Å². The second kappa shape index (κ2) is 6.21. The third-order valence-electron chi connectivity index (χ3n) is 2.22. The van der Waals surface area contributed by atoms with Crippen molar-refractivity contribution in [1.82, 2.24) is 5.32 Å². The first kappa shape index (κ1) is 15.7. The standard InChI is InChI=1S/C11H10ClF4NO2/c1-19-10(18)9(17-5-11(14,15)16)6-2-3-7(12)8(13)4-6/h2-4,9,17H,5H2,1H3. The van der Waals surface area contributed by atoms with Gasteiger partial charge in [-0.2, -0.15) is 13.2 Å². The minimum absolute atomic E-state index is 0.00185. The molecule has 19 heavy (non-hydrogen) atoms. The van der Waals surface area contributed by atoms with Gasteiger partial charge in [-0.05, 0) is 17.7 Å². The minimum Gasteiger partial charge on any atom is -0.468 e. The summed E-state index contributed by atoms with van der Waals surface area (Å²) in [6.45, 7) is -1.41. The first-order valence-corrected chi connectivity index (χ1v) is 5.45. The van der Waals surface area contributed by atoms with Crippen LogP contribution in [0.2, 0.25) is 5.02 Å². The van der Waals surface area contributed by atoms with Gasteiger partial charge in [0.1, 0.15) is 11.9 Å². The highest BCUT2D eigenvalue weighted by Crippen LogP contribution is 2.22. The molecule has 0 aliphatic heterocycles. The Morgan fingerprint density at radius 3 is 2.58 bits per heavy atom. The van der Waals surface area contributed by atoms with E-state index in [-0.39, 0.29) is 10.6 Å². The Bertz CT molecular complexity index is 464. The minimum atomic E-state index is -4.50. The van der Waals surface area contributed by atoms with Gasteiger partial charge in [0.05, 0.1) is 18.7 Å². The molecule has 3 nitrogen and oxygen atoms in total. The maximum Gasteiger partial charge on any atom is 0.401 e. The van der Waals surface area contributed by atoms with Gasteiger partial charge in [-0.1, -0.05) is 17.7 Å². The molecular weight excluding hydrogens is 290 g/mol. The molecule has 1 aromatic carbocycles. The fourth-order valence-electron chi connectivity index (χ4n) is 1.36. The van der Waals surface area contributed by atoms with Crippen LogP contribution in [-0.4, -0.2) is 25.8 Å². The van der Waals surface area contributed by atoms with Crippen LogP contribution >= 0.6 is 11.6 Å². The number of hydrogen-bond acceptors (Lipinski definition) is 3. The highest BCUT2D eigenvalue weighted by atomic mass is 35.5. The van der Waals surface area contributed by atoms with Crippen molar-refractivity contribution in [2.24, 2.45) is 0 Å². The van der Waals surface area contributed by atoms with Gasteiger partial charge < -0.3 is 4.74 Å². The van der Waals surface area contributed by atoms with Crippen LogP contribution < -0.4 is 5.32 Å². The number of carbonyl (C=O) groups is 1. The Hall–Kier alpha value is -1.34. The molecule has 0 heterocycles. The van der Waals surface area contributed by atoms with Crippen LogP contribution in [0.1, 0.15) is 11.6 Å². The lowest BCUT2D eigenvalue weighted by atomic mass is 10.1. The molecule has 1 atom stereocenters. The Kier molecular flexibility index (Phi) is 5.13. The van der Waals surface area contributed by atoms with E-state index in [0.717, 1.165) is 19.2 Å². The Balaban J connectivity index is 2.96. The summed E-state index contributed by atoms with van der Waals surface area (Å²) in [6.07, 6.45) is -4.50. The van der Waals surface area contributed by atoms with E-state index < -0.39 is 30.5 Å². The van der Waals surface area contributed by atoms with Gasteiger partial charge in [0, 0.05) is 0 Å². The predicted molar refractivity (Wildman–Crippen MR) is 60.2 cm³/mol. The summed E-state index contributed by atoms with van der Waals surface area (Å²) >= 11 is 5.46. The van der Waals surface area contributed by atoms with Gasteiger partial charge >= 0.3 is 12.1 Å². The van der Waals surface area contributed by atoms with E-state index >= 15 is 0 Å². The molecule has 0 aliphatic rings. The van der Waals surface area contributed by atoms with Gasteiger partial charge in [0.15, 0.2) is 0 Å². The normalized spacial score (nSPS) is 13.2. The van der Waals surface area contributed by atoms with Crippen LogP contribution in [-0.2, 0) is 9.53 Å². The zero-order valence-corrected chi connectivity index (χ0v) is 10.5. The number of halogens is 5. The Morgan fingerprint density at radius 1 is 1.47 bits per heavy atom. The van der Waals surface area contributed by atoms with E-state index in [9.17, 15) is 22.4 Å². The topological polar surface area (TPSA) is 38.3 Å². The molecule has 0 radical (unpaired) electrons. The lowest BCUT2D eigenvalue weighted by molar-refractivity contribution is -0.146. The fraction of sp³-hybridized carbons (Fsp3) is 0.364. The summed E-state index contributed by atoms with van der Waals surface area (Å²) in [7, 11) is 1.02. The fourth-order valence-corrected chi connectivity index (χ4v) is 1.48. The smallest absolute Gasteiger partial charge is 0.401 e. The van der Waals surface area contributed by atoms with E-state index in [1.54, 1.807) is 0 Å². The molecule has 1 rings (SSSR count). The van der Waals surface area contributed by atoms with Crippen molar-refractivity contribution >= 4 is 17.6 Å². The van der Waals surface area contributed by atoms with Gasteiger partial charge in [-0.15, -0.1) is 0 Å². The Labute approximate surface area is 111 Å². The van der Waals surface area contributed by atoms with Gasteiger partial charge in [0.25, 0.3) is 0 Å². The summed E-state index contributed by atoms with van der Waals surface area (Å²) in [6, 6.07) is 1.86. The third-order valence-corrected chi connectivity index (χ3v) is 2.53. The number of rotatable bonds is 4. The molecule has 0 saturated heterocycles. The molecule has 1 aromatic rings. The number of ether oxygens (including phenoxy) is 1. The molecular formula is C11H10ClF4NO2. The van der Waals surface area contributed by atoms with E-state index in [0.29, 0.717) is 0 Å². The molecule has 0 amide bonds. The number of benzene rings is 1. The number of esters is 1. The zero-order chi connectivity index (χ0) is 14.6. The second-order valence-electron chi connectivity index (χ2n) is 3.63. The number of nitrogens with one attached hydrogen (secondary N) is 1. The van der Waals surface area contributed by atoms with Crippen molar-refractivity contribution < 1.29 is 27.1 Å². The number of hydrogen-bond donors (Lipinski definition) is 1. The first-order chi connectivity index (χ1) is 8.74. The third kappa shape index (κ3) is 4.68. The van der Waals surface area contributed by atoms with E-state index in [1.807, 2.05) is 5.32 Å². The van der Waals surface area contributed by atoms with E-state index in [2.05, 4.69) is 4.74 Å². The number of methoxy groups -OCH3 is 1. The molecule has 1 unspecified atom stereocenters. The van der Waals surface area contributed by atoms with Crippen molar-refractivity contribution in [3.05, 3.63) is 34.6 Å². The summed E-state index contributed by atoms with van der Waals surface area (Å²) in [5.74, 6) is -1.78. The van der Waals surface area contributed by atoms with Crippen LogP contribution in [0, 0.1) is 5.82 Å². The number of alkyl halides is 3. The quantitative estimate of drug-likeness (QED) is 0.686. The summed E-state index contributed by atoms with van der Waals surface area (Å²) < 4.78 is 54.0. The van der Waals surface area contributed by atoms with Gasteiger partial charge in [-0.25, -0.2) is 9.18 Å². The van der Waals surface area contributed by atoms with Crippen molar-refractivity contribution in [2.75, 3.05) is 13.7 Å². The van der Waals surface area contributed by atoms with Crippen molar-refractivity contribution in [3.63, 3.8) is 0 Å². The molecule has 0 fully saturated rings. The second-order valence-corrected chi connectivity index (χ2v) is 4.03. The van der Waals surface area contributed by atoms with Crippen molar-refractivity contribution in [2.45, 2.75) is 12.2 Å². The monoisotopic (exact) mass is 299 g/mol. The van der Waals surface area contributed by atoms with Crippen LogP contribution in [0.15, 0.2) is 18.2 Å². The SMILES string of the molecule is COC(=O)C(NCC(F)(F)F)c1ccc(Cl)c(F)c1. The van der Waals surface area contributed by atoms with Crippen molar-refractivity contribution in [3.8, 4) is 0 Å². The highest BCUT2D eigenvalue weighted by Gasteiger charge is 2.31. The summed E-state index contributed by atoms with van der Waals surface area (Å²) in [5, 5.41) is 1.77. The molecule has 0 spiro atoms. The molecule has 106 valence electrons. The Morgan fingerprint density at radius 2 is 2.11 bits per heavy atom. The average molecular weight is 300 g/mol. The lowest BCUT2D eigenvalue weighted by Gasteiger charge is -2.18. The van der Waals surface area contributed by atoms with Crippen LogP contribution in [0.5, 0.6) is 0 Å². The number of carbonyl (C=O) groups excluding carboxylic acids is 1. The highest BCUT2D eigenvalue weighted by molar-refractivity contribution is 6.30. The maximum atomic E-state index is 13.2. The van der Waals surface area contributed by atoms with E-state index in [4.69, 9.17) is 11.6 Å². The van der Waals surface area contributed by atoms with Crippen molar-refractivity contribution in [1.29, 1.82) is 0 Å². The lowest BCUT2D eigenvalue weighted by Crippen LogP contribution is -2.36. The average Bonchev–Trinajstić information content (AvgIpc) is 2.32. The molecule has 0 bridgehead atoms. The summed E-state index contributed by atoms with van der Waals surface area (Å²) in [4.78, 5) is 11.4. The van der Waals surface area contributed by atoms with Crippen LogP contribution in [0.25, 0.3) is 0 Å². The molecule has 8 heteroatoms. The summed E-state index contributed by atoms with van der Waals surface area (Å²) in [5.41, 5.74) is -0.00185. The molecule has 0 saturated carbocycles.